The van der Waals surface area contributed by atoms with E-state index in [0.717, 1.165) is 11.1 Å². The summed E-state index contributed by atoms with van der Waals surface area (Å²) in [5.41, 5.74) is 2.35. The number of nitrogens with one attached hydrogen (secondary N) is 1. The van der Waals surface area contributed by atoms with Gasteiger partial charge in [0.05, 0.1) is 5.92 Å². The van der Waals surface area contributed by atoms with Gasteiger partial charge in [-0.2, -0.15) is 0 Å². The Labute approximate surface area is 105 Å². The van der Waals surface area contributed by atoms with Crippen molar-refractivity contribution in [3.63, 3.8) is 0 Å². The summed E-state index contributed by atoms with van der Waals surface area (Å²) < 4.78 is 5.46. The maximum absolute atomic E-state index is 11.1. The Morgan fingerprint density at radius 3 is 2.83 bits per heavy atom. The number of benzene rings is 1. The lowest BCUT2D eigenvalue weighted by Gasteiger charge is -2.20. The Hall–Kier alpha value is -1.88. The van der Waals surface area contributed by atoms with Gasteiger partial charge >= 0.3 is 5.97 Å². The van der Waals surface area contributed by atoms with E-state index >= 15 is 0 Å². The van der Waals surface area contributed by atoms with Gasteiger partial charge in [-0.3, -0.25) is 4.79 Å². The van der Waals surface area contributed by atoms with Crippen LogP contribution in [0.3, 0.4) is 0 Å². The van der Waals surface area contributed by atoms with Crippen LogP contribution in [-0.2, 0) is 4.79 Å². The fourth-order valence-electron chi connectivity index (χ4n) is 2.10. The van der Waals surface area contributed by atoms with Gasteiger partial charge < -0.3 is 14.8 Å². The quantitative estimate of drug-likeness (QED) is 0.866. The van der Waals surface area contributed by atoms with Crippen molar-refractivity contribution in [3.05, 3.63) is 29.7 Å². The minimum absolute atomic E-state index is 0.252. The van der Waals surface area contributed by atoms with Crippen LogP contribution in [0, 0.1) is 12.8 Å². The summed E-state index contributed by atoms with van der Waals surface area (Å²) >= 11 is 0. The van der Waals surface area contributed by atoms with Crippen LogP contribution in [0.2, 0.25) is 0 Å². The molecule has 5 heteroatoms. The first-order chi connectivity index (χ1) is 8.52. The van der Waals surface area contributed by atoms with Crippen LogP contribution in [0.4, 0.5) is 0 Å². The third-order valence-corrected chi connectivity index (χ3v) is 3.08. The van der Waals surface area contributed by atoms with E-state index in [1.165, 1.54) is 0 Å². The SMILES string of the molecule is CNC(c1ccc2nc(C)oc2c1)C(C)C(=O)O. The number of oxazole rings is 1. The van der Waals surface area contributed by atoms with Gasteiger partial charge in [-0.15, -0.1) is 0 Å². The molecule has 0 spiro atoms. The molecule has 0 bridgehead atoms. The fourth-order valence-corrected chi connectivity index (χ4v) is 2.10. The lowest BCUT2D eigenvalue weighted by molar-refractivity contribution is -0.142. The highest BCUT2D eigenvalue weighted by molar-refractivity contribution is 5.75. The number of carbonyl (C=O) groups is 1. The fraction of sp³-hybridized carbons (Fsp3) is 0.385. The van der Waals surface area contributed by atoms with Gasteiger partial charge in [0.2, 0.25) is 0 Å². The second-order valence-electron chi connectivity index (χ2n) is 4.35. The van der Waals surface area contributed by atoms with Crippen molar-refractivity contribution in [2.24, 2.45) is 5.92 Å². The molecule has 0 radical (unpaired) electrons. The number of hydrogen-bond donors (Lipinski definition) is 2. The molecule has 2 aromatic rings. The van der Waals surface area contributed by atoms with Crippen molar-refractivity contribution in [1.29, 1.82) is 0 Å². The van der Waals surface area contributed by atoms with Gasteiger partial charge in [0.15, 0.2) is 11.5 Å². The number of hydrogen-bond acceptors (Lipinski definition) is 4. The van der Waals surface area contributed by atoms with Gasteiger partial charge in [0.25, 0.3) is 0 Å². The van der Waals surface area contributed by atoms with Gasteiger partial charge in [-0.05, 0) is 24.7 Å². The van der Waals surface area contributed by atoms with Crippen LogP contribution in [0.15, 0.2) is 22.6 Å². The number of aliphatic carboxylic acids is 1. The van der Waals surface area contributed by atoms with Gasteiger partial charge in [0.1, 0.15) is 5.52 Å². The summed E-state index contributed by atoms with van der Waals surface area (Å²) in [6.07, 6.45) is 0. The molecule has 5 nitrogen and oxygen atoms in total. The zero-order valence-electron chi connectivity index (χ0n) is 10.6. The second-order valence-corrected chi connectivity index (χ2v) is 4.35. The van der Waals surface area contributed by atoms with Crippen molar-refractivity contribution >= 4 is 17.1 Å². The first-order valence-electron chi connectivity index (χ1n) is 5.80. The predicted molar refractivity (Wildman–Crippen MR) is 67.3 cm³/mol. The van der Waals surface area contributed by atoms with E-state index < -0.39 is 11.9 Å². The molecule has 1 aromatic carbocycles. The van der Waals surface area contributed by atoms with Crippen molar-refractivity contribution in [2.45, 2.75) is 19.9 Å². The highest BCUT2D eigenvalue weighted by Gasteiger charge is 2.24. The number of rotatable bonds is 4. The standard InChI is InChI=1S/C13H16N2O3/c1-7(13(16)17)12(14-3)9-4-5-10-11(6-9)18-8(2)15-10/h4-7,12,14H,1-3H3,(H,16,17). The molecule has 18 heavy (non-hydrogen) atoms. The van der Waals surface area contributed by atoms with Crippen LogP contribution in [0.5, 0.6) is 0 Å². The first-order valence-corrected chi connectivity index (χ1v) is 5.80. The van der Waals surface area contributed by atoms with Crippen LogP contribution >= 0.6 is 0 Å². The van der Waals surface area contributed by atoms with E-state index in [1.54, 1.807) is 20.9 Å². The average molecular weight is 248 g/mol. The van der Waals surface area contributed by atoms with E-state index in [0.29, 0.717) is 11.5 Å². The normalized spacial score (nSPS) is 14.6. The van der Waals surface area contributed by atoms with Gasteiger partial charge in [-0.25, -0.2) is 4.98 Å². The van der Waals surface area contributed by atoms with E-state index in [1.807, 2.05) is 18.2 Å². The topological polar surface area (TPSA) is 75.4 Å². The number of aryl methyl sites for hydroxylation is 1. The lowest BCUT2D eigenvalue weighted by atomic mass is 9.94. The molecule has 2 unspecified atom stereocenters. The molecule has 1 aromatic heterocycles. The third kappa shape index (κ3) is 2.22. The molecule has 0 aliphatic rings. The molecule has 2 atom stereocenters. The average Bonchev–Trinajstić information content (AvgIpc) is 2.69. The van der Waals surface area contributed by atoms with Crippen LogP contribution in [-0.4, -0.2) is 23.1 Å². The molecular weight excluding hydrogens is 232 g/mol. The summed E-state index contributed by atoms with van der Waals surface area (Å²) in [7, 11) is 1.75. The molecule has 0 aliphatic heterocycles. The molecule has 1 heterocycles. The maximum atomic E-state index is 11.1. The Kier molecular flexibility index (Phi) is 3.34. The molecule has 2 rings (SSSR count). The smallest absolute Gasteiger partial charge is 0.308 e. The van der Waals surface area contributed by atoms with Crippen molar-refractivity contribution in [2.75, 3.05) is 7.05 Å². The Morgan fingerprint density at radius 2 is 2.22 bits per heavy atom. The molecule has 0 aliphatic carbocycles. The molecule has 0 fully saturated rings. The monoisotopic (exact) mass is 248 g/mol. The summed E-state index contributed by atoms with van der Waals surface area (Å²) in [4.78, 5) is 15.3. The first kappa shape index (κ1) is 12.6. The van der Waals surface area contributed by atoms with Crippen LogP contribution < -0.4 is 5.32 Å². The molecule has 0 saturated carbocycles. The van der Waals surface area contributed by atoms with E-state index in [-0.39, 0.29) is 6.04 Å². The zero-order chi connectivity index (χ0) is 13.3. The molecular formula is C13H16N2O3. The van der Waals surface area contributed by atoms with Crippen molar-refractivity contribution in [3.8, 4) is 0 Å². The number of carboxylic acids is 1. The lowest BCUT2D eigenvalue weighted by Crippen LogP contribution is -2.28. The Morgan fingerprint density at radius 1 is 1.50 bits per heavy atom. The molecule has 0 amide bonds. The highest BCUT2D eigenvalue weighted by atomic mass is 16.4. The zero-order valence-corrected chi connectivity index (χ0v) is 10.6. The molecule has 96 valence electrons. The number of fused-ring (bicyclic) bond motifs is 1. The minimum atomic E-state index is -0.830. The number of nitrogens with zero attached hydrogens (tertiary/aromatic N) is 1. The second kappa shape index (κ2) is 4.78. The summed E-state index contributed by atoms with van der Waals surface area (Å²) in [5.74, 6) is -0.742. The Balaban J connectivity index is 2.41. The summed E-state index contributed by atoms with van der Waals surface area (Å²) in [6.45, 7) is 3.47. The predicted octanol–water partition coefficient (Wildman–Crippen LogP) is 2.12. The highest BCUT2D eigenvalue weighted by Crippen LogP contribution is 2.25. The largest absolute Gasteiger partial charge is 0.481 e. The summed E-state index contributed by atoms with van der Waals surface area (Å²) in [6, 6.07) is 5.32. The maximum Gasteiger partial charge on any atom is 0.308 e. The van der Waals surface area contributed by atoms with Gasteiger partial charge in [-0.1, -0.05) is 13.0 Å². The van der Waals surface area contributed by atoms with E-state index in [4.69, 9.17) is 9.52 Å². The van der Waals surface area contributed by atoms with E-state index in [2.05, 4.69) is 10.3 Å². The molecule has 2 N–H and O–H groups in total. The summed E-state index contributed by atoms with van der Waals surface area (Å²) in [5, 5.41) is 12.1. The van der Waals surface area contributed by atoms with Crippen molar-refractivity contribution in [1.82, 2.24) is 10.3 Å². The molecule has 0 saturated heterocycles. The third-order valence-electron chi connectivity index (χ3n) is 3.08. The van der Waals surface area contributed by atoms with Crippen LogP contribution in [0.1, 0.15) is 24.4 Å². The minimum Gasteiger partial charge on any atom is -0.481 e. The van der Waals surface area contributed by atoms with Crippen molar-refractivity contribution < 1.29 is 14.3 Å². The van der Waals surface area contributed by atoms with Gasteiger partial charge in [0, 0.05) is 13.0 Å². The number of aromatic nitrogens is 1. The van der Waals surface area contributed by atoms with Crippen LogP contribution in [0.25, 0.3) is 11.1 Å². The Bertz CT molecular complexity index is 577. The number of carboxylic acid groups (broad SMARTS) is 1. The van der Waals surface area contributed by atoms with E-state index in [9.17, 15) is 4.79 Å².